The second-order valence-electron chi connectivity index (χ2n) is 10.1. The number of piperidine rings is 1. The first-order valence-corrected chi connectivity index (χ1v) is 11.9. The molecule has 1 spiro atoms. The van der Waals surface area contributed by atoms with Gasteiger partial charge in [-0.1, -0.05) is 6.07 Å². The summed E-state index contributed by atoms with van der Waals surface area (Å²) in [6.45, 7) is 8.23. The lowest BCUT2D eigenvalue weighted by molar-refractivity contribution is -0.155. The van der Waals surface area contributed by atoms with E-state index in [1.165, 1.54) is 4.88 Å². The molecule has 3 fully saturated rings. The van der Waals surface area contributed by atoms with Crippen molar-refractivity contribution in [2.24, 2.45) is 5.41 Å². The highest BCUT2D eigenvalue weighted by Crippen LogP contribution is 2.49. The molecule has 0 bridgehead atoms. The third-order valence-electron chi connectivity index (χ3n) is 7.33. The summed E-state index contributed by atoms with van der Waals surface area (Å²) in [7, 11) is 0. The van der Waals surface area contributed by atoms with Crippen LogP contribution >= 0.6 is 11.3 Å². The quantitative estimate of drug-likeness (QED) is 0.786. The molecule has 6 heteroatoms. The molecule has 1 amide bonds. The van der Waals surface area contributed by atoms with E-state index < -0.39 is 5.60 Å². The molecule has 4 rings (SSSR count). The van der Waals surface area contributed by atoms with E-state index in [1.54, 1.807) is 11.3 Å². The van der Waals surface area contributed by atoms with Gasteiger partial charge in [0.25, 0.3) is 0 Å². The molecule has 0 radical (unpaired) electrons. The highest BCUT2D eigenvalue weighted by atomic mass is 32.1. The summed E-state index contributed by atoms with van der Waals surface area (Å²) >= 11 is 1.73. The Morgan fingerprint density at radius 2 is 2.10 bits per heavy atom. The molecule has 0 saturated carbocycles. The molecule has 3 aliphatic rings. The van der Waals surface area contributed by atoms with Gasteiger partial charge >= 0.3 is 0 Å². The largest absolute Gasteiger partial charge is 0.388 e. The van der Waals surface area contributed by atoms with E-state index >= 15 is 0 Å². The average molecular weight is 422 g/mol. The Hall–Kier alpha value is -0.950. The average Bonchev–Trinajstić information content (AvgIpc) is 3.41. The molecule has 29 heavy (non-hydrogen) atoms. The van der Waals surface area contributed by atoms with Crippen molar-refractivity contribution < 1.29 is 19.4 Å². The van der Waals surface area contributed by atoms with Gasteiger partial charge in [0.05, 0.1) is 30.0 Å². The number of aryl methyl sites for hydroxylation is 1. The predicted molar refractivity (Wildman–Crippen MR) is 114 cm³/mol. The van der Waals surface area contributed by atoms with Gasteiger partial charge in [-0.3, -0.25) is 4.79 Å². The third-order valence-corrected chi connectivity index (χ3v) is 8.27. The number of hydrogen-bond donors (Lipinski definition) is 1. The van der Waals surface area contributed by atoms with E-state index in [2.05, 4.69) is 18.4 Å². The zero-order chi connectivity index (χ0) is 20.7. The fourth-order valence-corrected chi connectivity index (χ4v) is 5.91. The fourth-order valence-electron chi connectivity index (χ4n) is 5.20. The molecule has 0 unspecified atom stereocenters. The molecule has 0 aromatic carbocycles. The maximum absolute atomic E-state index is 12.6. The van der Waals surface area contributed by atoms with Gasteiger partial charge in [0.2, 0.25) is 5.91 Å². The van der Waals surface area contributed by atoms with E-state index in [4.69, 9.17) is 9.47 Å². The van der Waals surface area contributed by atoms with Crippen LogP contribution in [0, 0.1) is 5.41 Å². The Balaban J connectivity index is 1.28. The number of likely N-dealkylation sites (tertiary alicyclic amines) is 1. The number of amides is 1. The Kier molecular flexibility index (Phi) is 5.84. The molecule has 1 aromatic heterocycles. The van der Waals surface area contributed by atoms with Crippen molar-refractivity contribution in [2.75, 3.05) is 19.7 Å². The minimum absolute atomic E-state index is 0.0796. The van der Waals surface area contributed by atoms with Gasteiger partial charge in [-0.05, 0) is 76.2 Å². The van der Waals surface area contributed by atoms with Crippen LogP contribution in [0.1, 0.15) is 64.2 Å². The molecule has 5 nitrogen and oxygen atoms in total. The second-order valence-corrected chi connectivity index (χ2v) is 11.1. The van der Waals surface area contributed by atoms with Gasteiger partial charge in [-0.25, -0.2) is 0 Å². The summed E-state index contributed by atoms with van der Waals surface area (Å²) in [5.41, 5.74) is -0.959. The van der Waals surface area contributed by atoms with Crippen LogP contribution in [0.25, 0.3) is 0 Å². The number of ether oxygens (including phenoxy) is 2. The highest BCUT2D eigenvalue weighted by Gasteiger charge is 2.53. The van der Waals surface area contributed by atoms with E-state index in [9.17, 15) is 9.90 Å². The van der Waals surface area contributed by atoms with Gasteiger partial charge in [0.1, 0.15) is 0 Å². The number of nitrogens with zero attached hydrogens (tertiary/aromatic N) is 1. The SMILES string of the molecule is CC(C)(O)[C@@H]1CC[C@](C)([C@H]2CC3(CCN(C(=O)CCc4cccs4)CC3)CO2)O1. The van der Waals surface area contributed by atoms with E-state index in [1.807, 2.05) is 24.8 Å². The normalized spacial score (nSPS) is 32.2. The van der Waals surface area contributed by atoms with E-state index in [-0.39, 0.29) is 29.1 Å². The van der Waals surface area contributed by atoms with Crippen LogP contribution < -0.4 is 0 Å². The van der Waals surface area contributed by atoms with Crippen molar-refractivity contribution in [3.8, 4) is 0 Å². The molecule has 3 atom stereocenters. The zero-order valence-corrected chi connectivity index (χ0v) is 18.8. The van der Waals surface area contributed by atoms with Crippen LogP contribution in [0.3, 0.4) is 0 Å². The minimum atomic E-state index is -0.817. The van der Waals surface area contributed by atoms with Gasteiger partial charge in [-0.2, -0.15) is 0 Å². The number of carbonyl (C=O) groups excluding carboxylic acids is 1. The van der Waals surface area contributed by atoms with Crippen LogP contribution in [0.15, 0.2) is 17.5 Å². The van der Waals surface area contributed by atoms with Crippen molar-refractivity contribution in [3.63, 3.8) is 0 Å². The second kappa shape index (κ2) is 7.95. The summed E-state index contributed by atoms with van der Waals surface area (Å²) in [6.07, 6.45) is 6.23. The Bertz CT molecular complexity index is 705. The lowest BCUT2D eigenvalue weighted by atomic mass is 9.74. The first-order valence-electron chi connectivity index (χ1n) is 11.0. The minimum Gasteiger partial charge on any atom is -0.388 e. The fraction of sp³-hybridized carbons (Fsp3) is 0.783. The summed E-state index contributed by atoms with van der Waals surface area (Å²) in [5.74, 6) is 0.280. The zero-order valence-electron chi connectivity index (χ0n) is 18.0. The first kappa shape index (κ1) is 21.3. The van der Waals surface area contributed by atoms with Gasteiger partial charge < -0.3 is 19.5 Å². The molecule has 4 heterocycles. The van der Waals surface area contributed by atoms with Crippen molar-refractivity contribution in [3.05, 3.63) is 22.4 Å². The predicted octanol–water partition coefficient (Wildman–Crippen LogP) is 3.79. The summed E-state index contributed by atoms with van der Waals surface area (Å²) in [4.78, 5) is 15.9. The van der Waals surface area contributed by atoms with E-state index in [0.717, 1.165) is 58.2 Å². The van der Waals surface area contributed by atoms with Crippen molar-refractivity contribution in [1.29, 1.82) is 0 Å². The van der Waals surface area contributed by atoms with Crippen molar-refractivity contribution in [2.45, 2.75) is 89.1 Å². The Morgan fingerprint density at radius 1 is 1.34 bits per heavy atom. The molecular weight excluding hydrogens is 386 g/mol. The van der Waals surface area contributed by atoms with Gasteiger partial charge in [0.15, 0.2) is 0 Å². The maximum atomic E-state index is 12.6. The number of carbonyl (C=O) groups is 1. The number of aliphatic hydroxyl groups is 1. The molecule has 1 aromatic rings. The number of thiophene rings is 1. The van der Waals surface area contributed by atoms with Crippen LogP contribution in [0.5, 0.6) is 0 Å². The van der Waals surface area contributed by atoms with Gasteiger partial charge in [-0.15, -0.1) is 11.3 Å². The molecular formula is C23H35NO4S. The Morgan fingerprint density at radius 3 is 2.72 bits per heavy atom. The smallest absolute Gasteiger partial charge is 0.222 e. The lowest BCUT2D eigenvalue weighted by Gasteiger charge is -2.39. The topological polar surface area (TPSA) is 59.0 Å². The summed E-state index contributed by atoms with van der Waals surface area (Å²) < 4.78 is 12.6. The molecule has 0 aliphatic carbocycles. The Labute approximate surface area is 178 Å². The van der Waals surface area contributed by atoms with Crippen LogP contribution in [-0.2, 0) is 20.7 Å². The molecule has 162 valence electrons. The lowest BCUT2D eigenvalue weighted by Crippen LogP contribution is -2.45. The highest BCUT2D eigenvalue weighted by molar-refractivity contribution is 7.09. The van der Waals surface area contributed by atoms with Crippen LogP contribution in [0.4, 0.5) is 0 Å². The van der Waals surface area contributed by atoms with E-state index in [0.29, 0.717) is 6.42 Å². The number of hydrogen-bond acceptors (Lipinski definition) is 5. The maximum Gasteiger partial charge on any atom is 0.222 e. The summed E-state index contributed by atoms with van der Waals surface area (Å²) in [6, 6.07) is 4.15. The van der Waals surface area contributed by atoms with Crippen molar-refractivity contribution >= 4 is 17.2 Å². The van der Waals surface area contributed by atoms with Crippen molar-refractivity contribution in [1.82, 2.24) is 4.90 Å². The monoisotopic (exact) mass is 421 g/mol. The third kappa shape index (κ3) is 4.55. The molecule has 3 saturated heterocycles. The first-order chi connectivity index (χ1) is 13.7. The number of rotatable bonds is 5. The molecule has 3 aliphatic heterocycles. The van der Waals surface area contributed by atoms with Crippen LogP contribution in [0.2, 0.25) is 0 Å². The summed E-state index contributed by atoms with van der Waals surface area (Å²) in [5, 5.41) is 12.4. The molecule has 1 N–H and O–H groups in total. The standard InChI is InChI=1S/C23H35NO4S/c1-21(2,26)18-8-9-22(3,28-18)19-15-23(16-27-19)10-12-24(13-11-23)20(25)7-6-17-5-4-14-29-17/h4-5,14,18-19,26H,6-13,15-16H2,1-3H3/t18-,19+,22+/m0/s1. The van der Waals surface area contributed by atoms with Gasteiger partial charge in [0, 0.05) is 24.4 Å². The van der Waals surface area contributed by atoms with Crippen LogP contribution in [-0.4, -0.2) is 59.0 Å².